The van der Waals surface area contributed by atoms with Crippen LogP contribution >= 0.6 is 0 Å². The van der Waals surface area contributed by atoms with E-state index in [9.17, 15) is 22.8 Å². The number of benzene rings is 1. The molecule has 1 aromatic carbocycles. The molecule has 4 rings (SSSR count). The number of fused-ring (bicyclic) bond motifs is 5. The molecule has 3 aliphatic heterocycles. The summed E-state index contributed by atoms with van der Waals surface area (Å²) in [6.07, 6.45) is -4.10. The molecule has 9 heteroatoms. The van der Waals surface area contributed by atoms with E-state index < -0.39 is 34.8 Å². The van der Waals surface area contributed by atoms with E-state index in [0.29, 0.717) is 19.0 Å². The number of hydrogen-bond acceptors (Lipinski definition) is 4. The van der Waals surface area contributed by atoms with Gasteiger partial charge < -0.3 is 10.2 Å². The topological polar surface area (TPSA) is 76.4 Å². The summed E-state index contributed by atoms with van der Waals surface area (Å²) in [5.41, 5.74) is -2.97. The van der Waals surface area contributed by atoms with E-state index in [2.05, 4.69) is 5.32 Å². The molecule has 1 N–H and O–H groups in total. The first kappa shape index (κ1) is 15.9. The van der Waals surface area contributed by atoms with Gasteiger partial charge in [-0.15, -0.1) is 0 Å². The van der Waals surface area contributed by atoms with Gasteiger partial charge in [-0.3, -0.25) is 4.79 Å². The molecule has 3 fully saturated rings. The van der Waals surface area contributed by atoms with Gasteiger partial charge in [-0.25, -0.2) is 9.69 Å². The molecule has 3 heterocycles. The summed E-state index contributed by atoms with van der Waals surface area (Å²) in [7, 11) is 0. The summed E-state index contributed by atoms with van der Waals surface area (Å²) in [4.78, 5) is 27.9. The first-order valence-corrected chi connectivity index (χ1v) is 7.72. The molecule has 1 aromatic rings. The number of alkyl halides is 3. The summed E-state index contributed by atoms with van der Waals surface area (Å²) in [6.45, 7) is 2.20. The number of hydrogen-bond donors (Lipinski definition) is 1. The minimum absolute atomic E-state index is 0.142. The number of amides is 3. The zero-order valence-electron chi connectivity index (χ0n) is 13.1. The molecular formula is C16H13F3N4O2. The van der Waals surface area contributed by atoms with Crippen LogP contribution < -0.4 is 10.2 Å². The van der Waals surface area contributed by atoms with Crippen molar-refractivity contribution in [3.8, 4) is 6.07 Å². The van der Waals surface area contributed by atoms with E-state index in [1.54, 1.807) is 6.92 Å². The van der Waals surface area contributed by atoms with Gasteiger partial charge in [-0.2, -0.15) is 18.4 Å². The average molecular weight is 350 g/mol. The van der Waals surface area contributed by atoms with Crippen LogP contribution in [-0.2, 0) is 11.0 Å². The van der Waals surface area contributed by atoms with Crippen molar-refractivity contribution in [2.45, 2.75) is 37.1 Å². The number of carbonyl (C=O) groups is 2. The fraction of sp³-hybridized carbons (Fsp3) is 0.438. The van der Waals surface area contributed by atoms with Crippen LogP contribution in [0.4, 0.5) is 23.7 Å². The van der Waals surface area contributed by atoms with E-state index in [0.717, 1.165) is 11.0 Å². The van der Waals surface area contributed by atoms with Crippen LogP contribution in [0, 0.1) is 11.3 Å². The predicted octanol–water partition coefficient (Wildman–Crippen LogP) is 1.85. The van der Waals surface area contributed by atoms with Crippen LogP contribution in [0.5, 0.6) is 0 Å². The smallest absolute Gasteiger partial charge is 0.309 e. The van der Waals surface area contributed by atoms with E-state index in [-0.39, 0.29) is 17.8 Å². The number of halogens is 3. The van der Waals surface area contributed by atoms with Crippen LogP contribution in [0.25, 0.3) is 0 Å². The molecule has 3 saturated heterocycles. The Morgan fingerprint density at radius 1 is 1.36 bits per heavy atom. The van der Waals surface area contributed by atoms with Crippen molar-refractivity contribution in [2.24, 2.45) is 0 Å². The Kier molecular flexibility index (Phi) is 3.01. The quantitative estimate of drug-likeness (QED) is 0.785. The van der Waals surface area contributed by atoms with Crippen LogP contribution in [0.15, 0.2) is 18.2 Å². The molecule has 0 spiro atoms. The van der Waals surface area contributed by atoms with Crippen LogP contribution in [-0.4, -0.2) is 41.0 Å². The number of nitriles is 1. The molecule has 130 valence electrons. The van der Waals surface area contributed by atoms with E-state index in [1.807, 2.05) is 0 Å². The van der Waals surface area contributed by atoms with Gasteiger partial charge in [-0.05, 0) is 31.5 Å². The van der Waals surface area contributed by atoms with Crippen LogP contribution in [0.1, 0.15) is 24.5 Å². The Balaban J connectivity index is 1.80. The van der Waals surface area contributed by atoms with Gasteiger partial charge in [0, 0.05) is 18.6 Å². The monoisotopic (exact) mass is 350 g/mol. The number of anilines is 1. The molecule has 3 unspecified atom stereocenters. The van der Waals surface area contributed by atoms with Crippen LogP contribution in [0.2, 0.25) is 0 Å². The van der Waals surface area contributed by atoms with Gasteiger partial charge in [0.1, 0.15) is 5.54 Å². The van der Waals surface area contributed by atoms with Crippen molar-refractivity contribution >= 4 is 17.6 Å². The van der Waals surface area contributed by atoms with Crippen molar-refractivity contribution in [1.29, 1.82) is 5.26 Å². The highest BCUT2D eigenvalue weighted by Gasteiger charge is 2.67. The maximum absolute atomic E-state index is 13.2. The highest BCUT2D eigenvalue weighted by atomic mass is 19.4. The molecule has 2 bridgehead atoms. The average Bonchev–Trinajstić information content (AvgIpc) is 3.18. The normalized spacial score (nSPS) is 30.8. The third kappa shape index (κ3) is 1.88. The van der Waals surface area contributed by atoms with Gasteiger partial charge >= 0.3 is 12.2 Å². The lowest BCUT2D eigenvalue weighted by atomic mass is 9.93. The largest absolute Gasteiger partial charge is 0.417 e. The van der Waals surface area contributed by atoms with Gasteiger partial charge in [-0.1, -0.05) is 0 Å². The van der Waals surface area contributed by atoms with E-state index in [4.69, 9.17) is 5.26 Å². The summed E-state index contributed by atoms with van der Waals surface area (Å²) in [5, 5.41) is 12.1. The second kappa shape index (κ2) is 4.73. The molecule has 3 atom stereocenters. The number of rotatable bonds is 1. The number of carbonyl (C=O) groups excluding carboxylic acids is 2. The maximum Gasteiger partial charge on any atom is 0.417 e. The van der Waals surface area contributed by atoms with Gasteiger partial charge in [0.2, 0.25) is 0 Å². The second-order valence-electron chi connectivity index (χ2n) is 6.63. The molecule has 6 nitrogen and oxygen atoms in total. The predicted molar refractivity (Wildman–Crippen MR) is 79.5 cm³/mol. The molecule has 0 saturated carbocycles. The highest BCUT2D eigenvalue weighted by molar-refractivity contribution is 6.24. The second-order valence-corrected chi connectivity index (χ2v) is 6.63. The van der Waals surface area contributed by atoms with Gasteiger partial charge in [0.05, 0.1) is 22.9 Å². The Morgan fingerprint density at radius 3 is 2.68 bits per heavy atom. The molecule has 0 aromatic heterocycles. The minimum Gasteiger partial charge on any atom is -0.309 e. The van der Waals surface area contributed by atoms with Crippen molar-refractivity contribution in [1.82, 2.24) is 10.2 Å². The van der Waals surface area contributed by atoms with E-state index >= 15 is 0 Å². The van der Waals surface area contributed by atoms with E-state index in [1.165, 1.54) is 17.0 Å². The molecule has 0 aliphatic carbocycles. The minimum atomic E-state index is -4.76. The zero-order chi connectivity index (χ0) is 18.1. The molecule has 3 amide bonds. The number of piperazine rings is 1. The molecule has 3 aliphatic rings. The van der Waals surface area contributed by atoms with Crippen molar-refractivity contribution < 1.29 is 22.8 Å². The third-order valence-electron chi connectivity index (χ3n) is 5.37. The number of nitrogens with one attached hydrogen (secondary N) is 1. The van der Waals surface area contributed by atoms with Crippen LogP contribution in [0.3, 0.4) is 0 Å². The lowest BCUT2D eigenvalue weighted by molar-refractivity contribution is -0.137. The lowest BCUT2D eigenvalue weighted by Crippen LogP contribution is -2.60. The Morgan fingerprint density at radius 2 is 2.08 bits per heavy atom. The first-order chi connectivity index (χ1) is 11.7. The van der Waals surface area contributed by atoms with Gasteiger partial charge in [0.25, 0.3) is 5.91 Å². The SMILES string of the molecule is CC12C(=O)N(c3ccc(C#N)c(C(F)(F)F)c3)C(=O)N1C1CNC2C1. The summed E-state index contributed by atoms with van der Waals surface area (Å²) in [6, 6.07) is 3.39. The lowest BCUT2D eigenvalue weighted by Gasteiger charge is -2.35. The van der Waals surface area contributed by atoms with Gasteiger partial charge in [0.15, 0.2) is 0 Å². The summed E-state index contributed by atoms with van der Waals surface area (Å²) >= 11 is 0. The Hall–Kier alpha value is -2.60. The van der Waals surface area contributed by atoms with Crippen molar-refractivity contribution in [3.05, 3.63) is 29.3 Å². The Bertz CT molecular complexity index is 847. The summed E-state index contributed by atoms with van der Waals surface area (Å²) in [5.74, 6) is -0.546. The number of urea groups is 1. The molecular weight excluding hydrogens is 337 g/mol. The maximum atomic E-state index is 13.2. The Labute approximate surface area is 140 Å². The fourth-order valence-corrected chi connectivity index (χ4v) is 4.15. The molecule has 0 radical (unpaired) electrons. The fourth-order valence-electron chi connectivity index (χ4n) is 4.15. The van der Waals surface area contributed by atoms with Crippen molar-refractivity contribution in [2.75, 3.05) is 11.4 Å². The number of nitrogens with zero attached hydrogens (tertiary/aromatic N) is 3. The zero-order valence-corrected chi connectivity index (χ0v) is 13.1. The molecule has 25 heavy (non-hydrogen) atoms. The number of imide groups is 1. The first-order valence-electron chi connectivity index (χ1n) is 7.72. The highest BCUT2D eigenvalue weighted by Crippen LogP contribution is 2.46. The standard InChI is InChI=1S/C16H13F3N4O2/c1-15-12-5-10(7-21-12)23(15)14(25)22(13(15)24)9-3-2-8(6-20)11(4-9)16(17,18)19/h2-4,10,12,21H,5,7H2,1H3. The van der Waals surface area contributed by atoms with Crippen molar-refractivity contribution in [3.63, 3.8) is 0 Å². The third-order valence-corrected chi connectivity index (χ3v) is 5.37. The summed E-state index contributed by atoms with van der Waals surface area (Å²) < 4.78 is 39.5.